The molecule has 0 saturated heterocycles. The summed E-state index contributed by atoms with van der Waals surface area (Å²) in [4.78, 5) is 0. The summed E-state index contributed by atoms with van der Waals surface area (Å²) in [5, 5.41) is 3.34. The third-order valence-electron chi connectivity index (χ3n) is 2.64. The monoisotopic (exact) mass is 233 g/mol. The average molecular weight is 233 g/mol. The van der Waals surface area contributed by atoms with Crippen molar-refractivity contribution in [1.29, 1.82) is 0 Å². The summed E-state index contributed by atoms with van der Waals surface area (Å²) in [5.74, 6) is -0.174. The second kappa shape index (κ2) is 6.21. The van der Waals surface area contributed by atoms with Crippen LogP contribution in [0.1, 0.15) is 17.5 Å². The quantitative estimate of drug-likeness (QED) is 0.775. The molecule has 1 heterocycles. The summed E-state index contributed by atoms with van der Waals surface area (Å²) in [6.07, 6.45) is 5.44. The number of hydrogen-bond acceptors (Lipinski definition) is 2. The molecule has 0 radical (unpaired) electrons. The molecule has 2 aromatic rings. The van der Waals surface area contributed by atoms with E-state index in [9.17, 15) is 4.39 Å². The summed E-state index contributed by atoms with van der Waals surface area (Å²) in [6.45, 7) is 1.78. The standard InChI is InChI=1S/C14H16FNO/c15-14-5-3-12(4-6-14)2-1-8-16-10-13-7-9-17-11-13/h3-7,9,11,16H,1-2,8,10H2. The van der Waals surface area contributed by atoms with E-state index in [-0.39, 0.29) is 5.82 Å². The smallest absolute Gasteiger partial charge is 0.123 e. The number of rotatable bonds is 6. The lowest BCUT2D eigenvalue weighted by Gasteiger charge is -2.03. The minimum atomic E-state index is -0.174. The molecule has 1 aromatic carbocycles. The lowest BCUT2D eigenvalue weighted by Crippen LogP contribution is -2.14. The molecule has 0 amide bonds. The number of hydrogen-bond donors (Lipinski definition) is 1. The molecular weight excluding hydrogens is 217 g/mol. The largest absolute Gasteiger partial charge is 0.472 e. The van der Waals surface area contributed by atoms with Crippen LogP contribution in [0.3, 0.4) is 0 Å². The first-order valence-corrected chi connectivity index (χ1v) is 5.81. The Morgan fingerprint density at radius 2 is 1.88 bits per heavy atom. The van der Waals surface area contributed by atoms with Gasteiger partial charge in [-0.3, -0.25) is 0 Å². The van der Waals surface area contributed by atoms with Gasteiger partial charge in [0.2, 0.25) is 0 Å². The first-order valence-electron chi connectivity index (χ1n) is 5.81. The summed E-state index contributed by atoms with van der Waals surface area (Å²) >= 11 is 0. The maximum Gasteiger partial charge on any atom is 0.123 e. The zero-order valence-electron chi connectivity index (χ0n) is 9.66. The first kappa shape index (κ1) is 11.9. The second-order valence-corrected chi connectivity index (χ2v) is 4.04. The van der Waals surface area contributed by atoms with E-state index in [2.05, 4.69) is 5.32 Å². The number of benzene rings is 1. The van der Waals surface area contributed by atoms with E-state index in [1.165, 1.54) is 17.7 Å². The summed E-state index contributed by atoms with van der Waals surface area (Å²) in [6, 6.07) is 8.65. The van der Waals surface area contributed by atoms with E-state index in [1.54, 1.807) is 12.5 Å². The molecule has 0 spiro atoms. The van der Waals surface area contributed by atoms with Crippen LogP contribution >= 0.6 is 0 Å². The highest BCUT2D eigenvalue weighted by Gasteiger charge is 1.96. The lowest BCUT2D eigenvalue weighted by molar-refractivity contribution is 0.559. The molecule has 17 heavy (non-hydrogen) atoms. The van der Waals surface area contributed by atoms with Crippen LogP contribution in [0.4, 0.5) is 4.39 Å². The van der Waals surface area contributed by atoms with E-state index < -0.39 is 0 Å². The Morgan fingerprint density at radius 3 is 2.59 bits per heavy atom. The van der Waals surface area contributed by atoms with Gasteiger partial charge < -0.3 is 9.73 Å². The van der Waals surface area contributed by atoms with Gasteiger partial charge in [-0.05, 0) is 43.1 Å². The molecule has 0 unspecified atom stereocenters. The Labute approximate surface area is 100 Å². The van der Waals surface area contributed by atoms with Crippen LogP contribution in [-0.2, 0) is 13.0 Å². The van der Waals surface area contributed by atoms with Crippen molar-refractivity contribution in [2.45, 2.75) is 19.4 Å². The fourth-order valence-electron chi connectivity index (χ4n) is 1.69. The Balaban J connectivity index is 1.61. The van der Waals surface area contributed by atoms with Crippen LogP contribution in [0.2, 0.25) is 0 Å². The second-order valence-electron chi connectivity index (χ2n) is 4.04. The molecule has 0 saturated carbocycles. The Hall–Kier alpha value is -1.61. The number of nitrogens with one attached hydrogen (secondary N) is 1. The van der Waals surface area contributed by atoms with Crippen LogP contribution in [0.5, 0.6) is 0 Å². The third kappa shape index (κ3) is 4.04. The van der Waals surface area contributed by atoms with Gasteiger partial charge in [-0.1, -0.05) is 12.1 Å². The fraction of sp³-hybridized carbons (Fsp3) is 0.286. The van der Waals surface area contributed by atoms with Gasteiger partial charge in [0, 0.05) is 12.1 Å². The van der Waals surface area contributed by atoms with Crippen molar-refractivity contribution >= 4 is 0 Å². The number of furan rings is 1. The molecular formula is C14H16FNO. The van der Waals surface area contributed by atoms with Crippen LogP contribution in [0.15, 0.2) is 47.3 Å². The number of halogens is 1. The Kier molecular flexibility index (Phi) is 4.33. The van der Waals surface area contributed by atoms with Gasteiger partial charge in [-0.15, -0.1) is 0 Å². The topological polar surface area (TPSA) is 25.2 Å². The van der Waals surface area contributed by atoms with Crippen molar-refractivity contribution in [2.75, 3.05) is 6.54 Å². The van der Waals surface area contributed by atoms with E-state index in [0.717, 1.165) is 31.5 Å². The van der Waals surface area contributed by atoms with Gasteiger partial charge in [0.1, 0.15) is 5.82 Å². The predicted octanol–water partition coefficient (Wildman–Crippen LogP) is 3.14. The summed E-state index contributed by atoms with van der Waals surface area (Å²) in [5.41, 5.74) is 2.34. The van der Waals surface area contributed by atoms with Crippen molar-refractivity contribution in [2.24, 2.45) is 0 Å². The highest BCUT2D eigenvalue weighted by atomic mass is 19.1. The van der Waals surface area contributed by atoms with Crippen LogP contribution in [0.25, 0.3) is 0 Å². The third-order valence-corrected chi connectivity index (χ3v) is 2.64. The van der Waals surface area contributed by atoms with Crippen LogP contribution in [-0.4, -0.2) is 6.54 Å². The normalized spacial score (nSPS) is 10.6. The molecule has 0 aliphatic heterocycles. The molecule has 0 fully saturated rings. The molecule has 90 valence electrons. The first-order chi connectivity index (χ1) is 8.34. The molecule has 0 aliphatic rings. The lowest BCUT2D eigenvalue weighted by atomic mass is 10.1. The Bertz CT molecular complexity index is 422. The van der Waals surface area contributed by atoms with Gasteiger partial charge in [-0.2, -0.15) is 0 Å². The molecule has 2 nitrogen and oxygen atoms in total. The van der Waals surface area contributed by atoms with E-state index in [1.807, 2.05) is 18.2 Å². The van der Waals surface area contributed by atoms with Crippen molar-refractivity contribution < 1.29 is 8.81 Å². The fourth-order valence-corrected chi connectivity index (χ4v) is 1.69. The molecule has 0 atom stereocenters. The number of aryl methyl sites for hydroxylation is 1. The molecule has 1 N–H and O–H groups in total. The molecule has 0 aliphatic carbocycles. The van der Waals surface area contributed by atoms with Crippen LogP contribution < -0.4 is 5.32 Å². The minimum absolute atomic E-state index is 0.174. The summed E-state index contributed by atoms with van der Waals surface area (Å²) in [7, 11) is 0. The van der Waals surface area contributed by atoms with Crippen LogP contribution in [0, 0.1) is 5.82 Å². The highest BCUT2D eigenvalue weighted by molar-refractivity contribution is 5.16. The average Bonchev–Trinajstić information content (AvgIpc) is 2.84. The van der Waals surface area contributed by atoms with E-state index >= 15 is 0 Å². The highest BCUT2D eigenvalue weighted by Crippen LogP contribution is 2.05. The SMILES string of the molecule is Fc1ccc(CCCNCc2ccoc2)cc1. The molecule has 3 heteroatoms. The van der Waals surface area contributed by atoms with Gasteiger partial charge in [0.25, 0.3) is 0 Å². The van der Waals surface area contributed by atoms with Crippen molar-refractivity contribution in [3.63, 3.8) is 0 Å². The van der Waals surface area contributed by atoms with Crippen molar-refractivity contribution in [3.05, 3.63) is 59.8 Å². The molecule has 0 bridgehead atoms. The van der Waals surface area contributed by atoms with E-state index in [4.69, 9.17) is 4.42 Å². The predicted molar refractivity (Wildman–Crippen MR) is 65.1 cm³/mol. The Morgan fingerprint density at radius 1 is 1.06 bits per heavy atom. The van der Waals surface area contributed by atoms with E-state index in [0.29, 0.717) is 0 Å². The maximum absolute atomic E-state index is 12.7. The zero-order chi connectivity index (χ0) is 11.9. The van der Waals surface area contributed by atoms with Crippen molar-refractivity contribution in [3.8, 4) is 0 Å². The van der Waals surface area contributed by atoms with Gasteiger partial charge >= 0.3 is 0 Å². The zero-order valence-corrected chi connectivity index (χ0v) is 9.66. The van der Waals surface area contributed by atoms with Crippen molar-refractivity contribution in [1.82, 2.24) is 5.32 Å². The maximum atomic E-state index is 12.7. The van der Waals surface area contributed by atoms with Gasteiger partial charge in [0.15, 0.2) is 0 Å². The molecule has 2 rings (SSSR count). The van der Waals surface area contributed by atoms with Gasteiger partial charge in [-0.25, -0.2) is 4.39 Å². The van der Waals surface area contributed by atoms with Gasteiger partial charge in [0.05, 0.1) is 12.5 Å². The minimum Gasteiger partial charge on any atom is -0.472 e. The summed E-state index contributed by atoms with van der Waals surface area (Å²) < 4.78 is 17.6. The molecule has 1 aromatic heterocycles.